The van der Waals surface area contributed by atoms with Crippen LogP contribution in [-0.2, 0) is 4.74 Å². The van der Waals surface area contributed by atoms with Crippen LogP contribution < -0.4 is 5.32 Å². The lowest BCUT2D eigenvalue weighted by molar-refractivity contribution is -0.385. The molecule has 1 atom stereocenters. The van der Waals surface area contributed by atoms with Crippen molar-refractivity contribution in [2.75, 3.05) is 18.5 Å². The average molecular weight is 251 g/mol. The van der Waals surface area contributed by atoms with Crippen LogP contribution in [0.5, 0.6) is 0 Å². The maximum Gasteiger partial charge on any atom is 0.277 e. The molecule has 1 unspecified atom stereocenters. The van der Waals surface area contributed by atoms with Gasteiger partial charge < -0.3 is 10.1 Å². The fourth-order valence-electron chi connectivity index (χ4n) is 1.35. The molecule has 0 amide bonds. The predicted octanol–water partition coefficient (Wildman–Crippen LogP) is 2.30. The Hall–Kier alpha value is -1.95. The number of hydrogen-bond donors (Lipinski definition) is 1. The molecule has 0 saturated carbocycles. The van der Waals surface area contributed by atoms with Gasteiger partial charge in [-0.1, -0.05) is 6.08 Å². The summed E-state index contributed by atoms with van der Waals surface area (Å²) in [6, 6.07) is 1.43. The molecule has 1 aromatic heterocycles. The van der Waals surface area contributed by atoms with E-state index in [1.807, 2.05) is 6.92 Å². The van der Waals surface area contributed by atoms with Gasteiger partial charge in [0.1, 0.15) is 5.82 Å². The summed E-state index contributed by atoms with van der Waals surface area (Å²) in [5, 5.41) is 13.8. The van der Waals surface area contributed by atoms with Crippen molar-refractivity contribution in [3.63, 3.8) is 0 Å². The highest BCUT2D eigenvalue weighted by Crippen LogP contribution is 2.19. The van der Waals surface area contributed by atoms with E-state index in [1.165, 1.54) is 12.3 Å². The fraction of sp³-hybridized carbons (Fsp3) is 0.417. The Morgan fingerprint density at radius 1 is 1.72 bits per heavy atom. The van der Waals surface area contributed by atoms with Crippen LogP contribution in [0.2, 0.25) is 0 Å². The highest BCUT2D eigenvalue weighted by atomic mass is 16.6. The van der Waals surface area contributed by atoms with Crippen LogP contribution in [0.1, 0.15) is 12.5 Å². The number of nitrogens with zero attached hydrogens (tertiary/aromatic N) is 2. The Labute approximate surface area is 106 Å². The van der Waals surface area contributed by atoms with E-state index < -0.39 is 4.92 Å². The van der Waals surface area contributed by atoms with Crippen molar-refractivity contribution >= 4 is 11.5 Å². The quantitative estimate of drug-likeness (QED) is 0.457. The highest BCUT2D eigenvalue weighted by Gasteiger charge is 2.12. The molecule has 0 aromatic carbocycles. The minimum Gasteiger partial charge on any atom is -0.373 e. The molecule has 0 bridgehead atoms. The summed E-state index contributed by atoms with van der Waals surface area (Å²) in [4.78, 5) is 14.4. The second-order valence-electron chi connectivity index (χ2n) is 3.93. The first kappa shape index (κ1) is 14.1. The lowest BCUT2D eigenvalue weighted by Gasteiger charge is -2.13. The van der Waals surface area contributed by atoms with Gasteiger partial charge in [0.15, 0.2) is 0 Å². The van der Waals surface area contributed by atoms with Gasteiger partial charge in [-0.15, -0.1) is 6.58 Å². The highest BCUT2D eigenvalue weighted by molar-refractivity contribution is 5.48. The summed E-state index contributed by atoms with van der Waals surface area (Å²) in [6.45, 7) is 8.12. The zero-order chi connectivity index (χ0) is 13.5. The third kappa shape index (κ3) is 4.14. The fourth-order valence-corrected chi connectivity index (χ4v) is 1.35. The summed E-state index contributed by atoms with van der Waals surface area (Å²) in [5.74, 6) is 0.473. The van der Waals surface area contributed by atoms with Crippen LogP contribution in [0.3, 0.4) is 0 Å². The van der Waals surface area contributed by atoms with Crippen molar-refractivity contribution in [1.29, 1.82) is 0 Å². The summed E-state index contributed by atoms with van der Waals surface area (Å²) >= 11 is 0. The summed E-state index contributed by atoms with van der Waals surface area (Å²) in [6.07, 6.45) is 3.13. The zero-order valence-corrected chi connectivity index (χ0v) is 10.5. The van der Waals surface area contributed by atoms with E-state index in [1.54, 1.807) is 13.0 Å². The van der Waals surface area contributed by atoms with Crippen molar-refractivity contribution in [2.24, 2.45) is 0 Å². The Morgan fingerprint density at radius 3 is 3.06 bits per heavy atom. The van der Waals surface area contributed by atoms with E-state index in [-0.39, 0.29) is 11.8 Å². The summed E-state index contributed by atoms with van der Waals surface area (Å²) in [5.41, 5.74) is 0.605. The molecular formula is C12H17N3O3. The molecule has 1 N–H and O–H groups in total. The maximum absolute atomic E-state index is 10.8. The van der Waals surface area contributed by atoms with Crippen molar-refractivity contribution in [2.45, 2.75) is 20.0 Å². The number of aromatic nitrogens is 1. The monoisotopic (exact) mass is 251 g/mol. The summed E-state index contributed by atoms with van der Waals surface area (Å²) in [7, 11) is 0. The van der Waals surface area contributed by atoms with Gasteiger partial charge in [-0.3, -0.25) is 10.1 Å². The number of nitro groups is 1. The third-order valence-corrected chi connectivity index (χ3v) is 2.34. The van der Waals surface area contributed by atoms with Crippen molar-refractivity contribution in [3.05, 3.63) is 40.6 Å². The van der Waals surface area contributed by atoms with Crippen LogP contribution in [0.4, 0.5) is 11.5 Å². The Bertz CT molecular complexity index is 435. The van der Waals surface area contributed by atoms with E-state index in [9.17, 15) is 10.1 Å². The van der Waals surface area contributed by atoms with E-state index >= 15 is 0 Å². The molecule has 98 valence electrons. The third-order valence-electron chi connectivity index (χ3n) is 2.34. The van der Waals surface area contributed by atoms with Gasteiger partial charge in [0.2, 0.25) is 0 Å². The largest absolute Gasteiger partial charge is 0.373 e. The van der Waals surface area contributed by atoms with Crippen molar-refractivity contribution in [1.82, 2.24) is 4.98 Å². The van der Waals surface area contributed by atoms with Gasteiger partial charge in [-0.05, 0) is 13.8 Å². The van der Waals surface area contributed by atoms with Gasteiger partial charge in [0.05, 0.1) is 23.7 Å². The Kier molecular flexibility index (Phi) is 5.26. The predicted molar refractivity (Wildman–Crippen MR) is 69.7 cm³/mol. The topological polar surface area (TPSA) is 77.3 Å². The number of nitrogens with one attached hydrogen (secondary N) is 1. The van der Waals surface area contributed by atoms with Gasteiger partial charge >= 0.3 is 0 Å². The molecular weight excluding hydrogens is 234 g/mol. The maximum atomic E-state index is 10.8. The molecule has 0 radical (unpaired) electrons. The normalized spacial score (nSPS) is 11.9. The van der Waals surface area contributed by atoms with E-state index in [0.717, 1.165) is 0 Å². The van der Waals surface area contributed by atoms with Crippen LogP contribution >= 0.6 is 0 Å². The second-order valence-corrected chi connectivity index (χ2v) is 3.93. The Balaban J connectivity index is 2.60. The van der Waals surface area contributed by atoms with Crippen LogP contribution in [0.25, 0.3) is 0 Å². The molecule has 1 heterocycles. The van der Waals surface area contributed by atoms with E-state index in [0.29, 0.717) is 24.5 Å². The van der Waals surface area contributed by atoms with E-state index in [4.69, 9.17) is 4.74 Å². The Morgan fingerprint density at radius 2 is 2.44 bits per heavy atom. The van der Waals surface area contributed by atoms with Gasteiger partial charge in [0, 0.05) is 18.3 Å². The molecule has 6 nitrogen and oxygen atoms in total. The van der Waals surface area contributed by atoms with Crippen LogP contribution in [0.15, 0.2) is 24.9 Å². The molecule has 0 aliphatic rings. The number of ether oxygens (including phenoxy) is 1. The molecule has 1 aromatic rings. The SMILES string of the molecule is C=CCOC(C)CNc1cc([N+](=O)[O-])c(C)cn1. The smallest absolute Gasteiger partial charge is 0.277 e. The molecule has 1 rings (SSSR count). The van der Waals surface area contributed by atoms with Gasteiger partial charge in [-0.25, -0.2) is 4.98 Å². The van der Waals surface area contributed by atoms with Gasteiger partial charge in [-0.2, -0.15) is 0 Å². The number of aryl methyl sites for hydroxylation is 1. The molecule has 6 heteroatoms. The first-order valence-corrected chi connectivity index (χ1v) is 5.62. The molecule has 0 fully saturated rings. The second kappa shape index (κ2) is 6.70. The molecule has 0 aliphatic heterocycles. The van der Waals surface area contributed by atoms with Crippen LogP contribution in [-0.4, -0.2) is 29.2 Å². The van der Waals surface area contributed by atoms with Crippen molar-refractivity contribution < 1.29 is 9.66 Å². The average Bonchev–Trinajstić information content (AvgIpc) is 2.35. The number of hydrogen-bond acceptors (Lipinski definition) is 5. The van der Waals surface area contributed by atoms with Gasteiger partial charge in [0.25, 0.3) is 5.69 Å². The minimum atomic E-state index is -0.417. The molecule has 0 spiro atoms. The zero-order valence-electron chi connectivity index (χ0n) is 10.5. The molecule has 0 saturated heterocycles. The minimum absolute atomic E-state index is 0.0230. The first-order valence-electron chi connectivity index (χ1n) is 5.62. The van der Waals surface area contributed by atoms with Crippen molar-refractivity contribution in [3.8, 4) is 0 Å². The number of anilines is 1. The molecule has 18 heavy (non-hydrogen) atoms. The lowest BCUT2D eigenvalue weighted by Crippen LogP contribution is -2.20. The number of rotatable bonds is 7. The number of pyridine rings is 1. The lowest BCUT2D eigenvalue weighted by atomic mass is 10.2. The standard InChI is InChI=1S/C12H17N3O3/c1-4-5-18-10(3)8-14-12-6-11(15(16)17)9(2)7-13-12/h4,6-7,10H,1,5,8H2,2-3H3,(H,13,14). The van der Waals surface area contributed by atoms with E-state index in [2.05, 4.69) is 16.9 Å². The molecule has 0 aliphatic carbocycles. The summed E-state index contributed by atoms with van der Waals surface area (Å²) < 4.78 is 5.37. The first-order chi connectivity index (χ1) is 8.54. The van der Waals surface area contributed by atoms with Crippen LogP contribution in [0, 0.1) is 17.0 Å².